The fourth-order valence-electron chi connectivity index (χ4n) is 5.66. The summed E-state index contributed by atoms with van der Waals surface area (Å²) in [4.78, 5) is 0. The van der Waals surface area contributed by atoms with Crippen molar-refractivity contribution in [3.05, 3.63) is 0 Å². The van der Waals surface area contributed by atoms with Crippen LogP contribution in [0.15, 0.2) is 0 Å². The van der Waals surface area contributed by atoms with E-state index in [1.54, 1.807) is 0 Å². The van der Waals surface area contributed by atoms with Crippen LogP contribution in [0.3, 0.4) is 0 Å². The first kappa shape index (κ1) is 11.1. The van der Waals surface area contributed by atoms with E-state index < -0.39 is 0 Å². The zero-order valence-electron chi connectivity index (χ0n) is 11.2. The lowest BCUT2D eigenvalue weighted by molar-refractivity contribution is -0.160. The Morgan fingerprint density at radius 1 is 1.06 bits per heavy atom. The summed E-state index contributed by atoms with van der Waals surface area (Å²) in [5.41, 5.74) is 0.229. The molecule has 1 unspecified atom stereocenters. The molecule has 0 aliphatic heterocycles. The van der Waals surface area contributed by atoms with Gasteiger partial charge < -0.3 is 5.11 Å². The topological polar surface area (TPSA) is 20.2 Å². The summed E-state index contributed by atoms with van der Waals surface area (Å²) in [6, 6.07) is 0. The maximum absolute atomic E-state index is 10.5. The summed E-state index contributed by atoms with van der Waals surface area (Å²) < 4.78 is 0. The number of hydrogen-bond acceptors (Lipinski definition) is 1. The van der Waals surface area contributed by atoms with Crippen LogP contribution in [-0.4, -0.2) is 10.7 Å². The van der Waals surface area contributed by atoms with Gasteiger partial charge in [-0.2, -0.15) is 0 Å². The molecule has 3 saturated carbocycles. The van der Waals surface area contributed by atoms with Gasteiger partial charge in [-0.15, -0.1) is 0 Å². The summed E-state index contributed by atoms with van der Waals surface area (Å²) in [5, 5.41) is 10.5. The lowest BCUT2D eigenvalue weighted by Crippen LogP contribution is -2.58. The van der Waals surface area contributed by atoms with E-state index in [4.69, 9.17) is 0 Å². The predicted molar refractivity (Wildman–Crippen MR) is 66.0 cm³/mol. The normalized spacial score (nSPS) is 59.6. The third-order valence-corrected chi connectivity index (χ3v) is 6.44. The highest BCUT2D eigenvalue weighted by molar-refractivity contribution is 5.18. The molecule has 0 spiro atoms. The second-order valence-electron chi connectivity index (χ2n) is 7.51. The number of hydrogen-bond donors (Lipinski definition) is 1. The molecule has 3 aliphatic rings. The number of aliphatic hydroxyl groups is 1. The lowest BCUT2D eigenvalue weighted by atomic mass is 9.46. The molecule has 0 saturated heterocycles. The molecule has 1 nitrogen and oxygen atoms in total. The van der Waals surface area contributed by atoms with Crippen molar-refractivity contribution in [1.29, 1.82) is 0 Å². The van der Waals surface area contributed by atoms with Crippen molar-refractivity contribution >= 4 is 0 Å². The van der Waals surface area contributed by atoms with E-state index in [2.05, 4.69) is 27.7 Å². The van der Waals surface area contributed by atoms with Crippen LogP contribution in [0.4, 0.5) is 0 Å². The van der Waals surface area contributed by atoms with Crippen LogP contribution < -0.4 is 0 Å². The van der Waals surface area contributed by atoms with Gasteiger partial charge in [0.15, 0.2) is 0 Å². The van der Waals surface area contributed by atoms with E-state index in [1.807, 2.05) is 0 Å². The van der Waals surface area contributed by atoms with E-state index in [1.165, 1.54) is 19.3 Å². The maximum atomic E-state index is 10.5. The second-order valence-corrected chi connectivity index (χ2v) is 7.51. The highest BCUT2D eigenvalue weighted by Crippen LogP contribution is 2.74. The smallest absolute Gasteiger partial charge is 0.0653 e. The fourth-order valence-corrected chi connectivity index (χ4v) is 5.66. The number of fused-ring (bicyclic) bond motifs is 4. The van der Waals surface area contributed by atoms with Crippen molar-refractivity contribution < 1.29 is 5.11 Å². The van der Waals surface area contributed by atoms with Gasteiger partial charge in [0.25, 0.3) is 0 Å². The Balaban J connectivity index is 1.92. The molecule has 1 N–H and O–H groups in total. The van der Waals surface area contributed by atoms with Gasteiger partial charge in [0.2, 0.25) is 0 Å². The molecular weight excluding hydrogens is 196 g/mol. The standard InChI is InChI=1S/C15H26O/c1-9(2)10-5-7-14(3)11-6-8-15(4,16)13(11)12(10)14/h9-13,16H,5-8H2,1-4H3/t10-,11+,12?,13-,14-,15-/m0/s1. The molecule has 0 aromatic heterocycles. The van der Waals surface area contributed by atoms with Crippen LogP contribution in [0, 0.1) is 35.0 Å². The molecule has 0 heterocycles. The lowest BCUT2D eigenvalue weighted by Gasteiger charge is -2.59. The zero-order valence-corrected chi connectivity index (χ0v) is 11.2. The van der Waals surface area contributed by atoms with Crippen molar-refractivity contribution in [2.45, 2.75) is 59.0 Å². The van der Waals surface area contributed by atoms with Gasteiger partial charge in [-0.25, -0.2) is 0 Å². The molecule has 92 valence electrons. The van der Waals surface area contributed by atoms with Crippen LogP contribution in [0.25, 0.3) is 0 Å². The summed E-state index contributed by atoms with van der Waals surface area (Å²) in [5.74, 6) is 3.93. The van der Waals surface area contributed by atoms with E-state index in [0.29, 0.717) is 11.3 Å². The monoisotopic (exact) mass is 222 g/mol. The molecular formula is C15H26O. The molecule has 0 radical (unpaired) electrons. The minimum absolute atomic E-state index is 0.355. The average molecular weight is 222 g/mol. The minimum Gasteiger partial charge on any atom is -0.390 e. The molecule has 16 heavy (non-hydrogen) atoms. The summed E-state index contributed by atoms with van der Waals surface area (Å²) in [6.45, 7) is 9.33. The highest BCUT2D eigenvalue weighted by Gasteiger charge is 2.70. The van der Waals surface area contributed by atoms with Crippen molar-refractivity contribution in [2.75, 3.05) is 0 Å². The van der Waals surface area contributed by atoms with Crippen molar-refractivity contribution in [3.63, 3.8) is 0 Å². The molecule has 0 amide bonds. The van der Waals surface area contributed by atoms with Crippen molar-refractivity contribution in [2.24, 2.45) is 35.0 Å². The van der Waals surface area contributed by atoms with E-state index in [0.717, 1.165) is 30.1 Å². The average Bonchev–Trinajstić information content (AvgIpc) is 2.58. The van der Waals surface area contributed by atoms with Crippen LogP contribution in [0.5, 0.6) is 0 Å². The third kappa shape index (κ3) is 1.11. The first-order chi connectivity index (χ1) is 7.38. The maximum Gasteiger partial charge on any atom is 0.0653 e. The Morgan fingerprint density at radius 2 is 1.75 bits per heavy atom. The Hall–Kier alpha value is -0.0400. The Kier molecular flexibility index (Phi) is 2.11. The van der Waals surface area contributed by atoms with Gasteiger partial charge in [-0.3, -0.25) is 0 Å². The van der Waals surface area contributed by atoms with Crippen LogP contribution in [0.2, 0.25) is 0 Å². The Bertz CT molecular complexity index is 307. The summed E-state index contributed by atoms with van der Waals surface area (Å²) >= 11 is 0. The highest BCUT2D eigenvalue weighted by atomic mass is 16.3. The van der Waals surface area contributed by atoms with Crippen molar-refractivity contribution in [1.82, 2.24) is 0 Å². The molecule has 0 aromatic rings. The second kappa shape index (κ2) is 3.04. The molecule has 3 aliphatic carbocycles. The van der Waals surface area contributed by atoms with Crippen LogP contribution >= 0.6 is 0 Å². The predicted octanol–water partition coefficient (Wildman–Crippen LogP) is 3.47. The summed E-state index contributed by atoms with van der Waals surface area (Å²) in [7, 11) is 0. The van der Waals surface area contributed by atoms with Crippen molar-refractivity contribution in [3.8, 4) is 0 Å². The Morgan fingerprint density at radius 3 is 2.38 bits per heavy atom. The van der Waals surface area contributed by atoms with Gasteiger partial charge in [0.05, 0.1) is 5.60 Å². The zero-order chi connectivity index (χ0) is 11.7. The largest absolute Gasteiger partial charge is 0.390 e. The molecule has 3 fully saturated rings. The van der Waals surface area contributed by atoms with Gasteiger partial charge in [0.1, 0.15) is 0 Å². The fraction of sp³-hybridized carbons (Fsp3) is 1.00. The van der Waals surface area contributed by atoms with Gasteiger partial charge in [-0.1, -0.05) is 20.8 Å². The first-order valence-corrected chi connectivity index (χ1v) is 7.10. The van der Waals surface area contributed by atoms with Gasteiger partial charge in [0, 0.05) is 0 Å². The van der Waals surface area contributed by atoms with E-state index in [9.17, 15) is 5.11 Å². The minimum atomic E-state index is -0.355. The molecule has 3 rings (SSSR count). The van der Waals surface area contributed by atoms with E-state index in [-0.39, 0.29) is 5.60 Å². The molecule has 0 bridgehead atoms. The molecule has 6 atom stereocenters. The SMILES string of the molecule is CC(C)[C@@H]1CC[C@]2(C)C1[C@@H]1[C@H]2CC[C@]1(C)O. The van der Waals surface area contributed by atoms with E-state index >= 15 is 0 Å². The Labute approximate surface area is 99.6 Å². The summed E-state index contributed by atoms with van der Waals surface area (Å²) in [6.07, 6.45) is 5.13. The number of rotatable bonds is 1. The van der Waals surface area contributed by atoms with Crippen LogP contribution in [-0.2, 0) is 0 Å². The molecule has 0 aromatic carbocycles. The third-order valence-electron chi connectivity index (χ3n) is 6.44. The quantitative estimate of drug-likeness (QED) is 0.720. The van der Waals surface area contributed by atoms with Crippen LogP contribution in [0.1, 0.15) is 53.4 Å². The molecule has 1 heteroatoms. The van der Waals surface area contributed by atoms with Gasteiger partial charge in [-0.05, 0) is 67.6 Å². The first-order valence-electron chi connectivity index (χ1n) is 7.10. The van der Waals surface area contributed by atoms with Gasteiger partial charge >= 0.3 is 0 Å².